The fraction of sp³-hybridized carbons (Fsp3) is 1.00. The van der Waals surface area contributed by atoms with E-state index in [1.165, 1.54) is 0 Å². The van der Waals surface area contributed by atoms with E-state index in [2.05, 4.69) is 6.55 Å². The van der Waals surface area contributed by atoms with E-state index in [1.54, 1.807) is 0 Å². The van der Waals surface area contributed by atoms with Gasteiger partial charge in [0.05, 0.1) is 13.2 Å². The van der Waals surface area contributed by atoms with Crippen LogP contribution in [0.5, 0.6) is 0 Å². The molecule has 5 heteroatoms. The summed E-state index contributed by atoms with van der Waals surface area (Å²) in [5.41, 5.74) is 0. The highest BCUT2D eigenvalue weighted by Crippen LogP contribution is 2.14. The summed E-state index contributed by atoms with van der Waals surface area (Å²) in [5, 5.41) is 0. The van der Waals surface area contributed by atoms with Crippen LogP contribution < -0.4 is 0 Å². The zero-order chi connectivity index (χ0) is 11.1. The quantitative estimate of drug-likeness (QED) is 0.345. The Morgan fingerprint density at radius 2 is 1.87 bits per heavy atom. The molecule has 0 radical (unpaired) electrons. The summed E-state index contributed by atoms with van der Waals surface area (Å²) in [4.78, 5) is 0. The Bertz CT molecular complexity index is 167. The van der Waals surface area contributed by atoms with Gasteiger partial charge in [0.2, 0.25) is 0 Å². The number of rotatable bonds is 9. The highest BCUT2D eigenvalue weighted by Gasteiger charge is 2.30. The van der Waals surface area contributed by atoms with Crippen LogP contribution in [-0.4, -0.2) is 47.7 Å². The summed E-state index contributed by atoms with van der Waals surface area (Å²) in [7, 11) is -1.97. The molecular formula is C10H22O4Si. The Morgan fingerprint density at radius 3 is 2.33 bits per heavy atom. The third-order valence-corrected chi connectivity index (χ3v) is 5.22. The molecule has 1 saturated heterocycles. The summed E-state index contributed by atoms with van der Waals surface area (Å²) < 4.78 is 22.0. The van der Waals surface area contributed by atoms with E-state index in [-0.39, 0.29) is 0 Å². The van der Waals surface area contributed by atoms with Gasteiger partial charge >= 0.3 is 8.56 Å². The normalized spacial score (nSPS) is 20.6. The largest absolute Gasteiger partial charge is 0.395 e. The molecule has 1 fully saturated rings. The maximum Gasteiger partial charge on any atom is 0.337 e. The van der Waals surface area contributed by atoms with Crippen LogP contribution in [-0.2, 0) is 18.3 Å². The van der Waals surface area contributed by atoms with Crippen LogP contribution in [0.2, 0.25) is 12.6 Å². The van der Waals surface area contributed by atoms with Crippen molar-refractivity contribution in [1.82, 2.24) is 0 Å². The van der Waals surface area contributed by atoms with Crippen molar-refractivity contribution in [3.8, 4) is 0 Å². The third kappa shape index (κ3) is 5.63. The van der Waals surface area contributed by atoms with Gasteiger partial charge in [-0.25, -0.2) is 0 Å². The van der Waals surface area contributed by atoms with Crippen LogP contribution in [0.25, 0.3) is 0 Å². The molecule has 90 valence electrons. The molecule has 0 aromatic heterocycles. The molecule has 0 aliphatic carbocycles. The van der Waals surface area contributed by atoms with Crippen molar-refractivity contribution in [1.29, 1.82) is 0 Å². The van der Waals surface area contributed by atoms with Gasteiger partial charge in [-0.05, 0) is 20.4 Å². The van der Waals surface area contributed by atoms with Crippen LogP contribution >= 0.6 is 0 Å². The molecule has 1 atom stereocenters. The molecule has 0 spiro atoms. The molecule has 1 aliphatic rings. The number of epoxide rings is 1. The number of hydrogen-bond acceptors (Lipinski definition) is 4. The molecule has 0 saturated carbocycles. The van der Waals surface area contributed by atoms with Crippen molar-refractivity contribution in [3.05, 3.63) is 0 Å². The average molecular weight is 234 g/mol. The molecule has 0 bridgehead atoms. The molecule has 4 nitrogen and oxygen atoms in total. The molecule has 0 aromatic rings. The second-order valence-corrected chi connectivity index (χ2v) is 7.13. The van der Waals surface area contributed by atoms with Gasteiger partial charge in [0, 0.05) is 25.9 Å². The standard InChI is InChI=1S/C10H22O4Si/c1-4-13-15(3,14-5-2)7-6-11-8-10-9-12-10/h10H,4-9H2,1-3H3. The lowest BCUT2D eigenvalue weighted by Crippen LogP contribution is -2.39. The van der Waals surface area contributed by atoms with E-state index in [9.17, 15) is 0 Å². The lowest BCUT2D eigenvalue weighted by molar-refractivity contribution is 0.114. The predicted octanol–water partition coefficient (Wildman–Crippen LogP) is 1.55. The van der Waals surface area contributed by atoms with Crippen LogP contribution in [0.15, 0.2) is 0 Å². The molecule has 1 rings (SSSR count). The smallest absolute Gasteiger partial charge is 0.337 e. The fourth-order valence-corrected chi connectivity index (χ4v) is 3.54. The van der Waals surface area contributed by atoms with Gasteiger partial charge in [0.25, 0.3) is 0 Å². The lowest BCUT2D eigenvalue weighted by Gasteiger charge is -2.25. The summed E-state index contributed by atoms with van der Waals surface area (Å²) in [6, 6.07) is 0.890. The molecule has 0 N–H and O–H groups in total. The summed E-state index contributed by atoms with van der Waals surface area (Å²) >= 11 is 0. The molecule has 0 amide bonds. The minimum Gasteiger partial charge on any atom is -0.395 e. The highest BCUT2D eigenvalue weighted by atomic mass is 28.4. The predicted molar refractivity (Wildman–Crippen MR) is 60.2 cm³/mol. The first-order chi connectivity index (χ1) is 7.20. The summed E-state index contributed by atoms with van der Waals surface area (Å²) in [5.74, 6) is 0. The van der Waals surface area contributed by atoms with Gasteiger partial charge in [0.15, 0.2) is 0 Å². The van der Waals surface area contributed by atoms with Gasteiger partial charge < -0.3 is 18.3 Å². The average Bonchev–Trinajstić information content (AvgIpc) is 2.97. The Morgan fingerprint density at radius 1 is 1.27 bits per heavy atom. The van der Waals surface area contributed by atoms with E-state index < -0.39 is 8.56 Å². The summed E-state index contributed by atoms with van der Waals surface area (Å²) in [6.07, 6.45) is 0.345. The zero-order valence-corrected chi connectivity index (χ0v) is 11.0. The van der Waals surface area contributed by atoms with Gasteiger partial charge in [-0.1, -0.05) is 0 Å². The number of hydrogen-bond donors (Lipinski definition) is 0. The number of ether oxygens (including phenoxy) is 2. The third-order valence-electron chi connectivity index (χ3n) is 2.31. The Kier molecular flexibility index (Phi) is 5.77. The van der Waals surface area contributed by atoms with Crippen molar-refractivity contribution < 1.29 is 18.3 Å². The van der Waals surface area contributed by atoms with Crippen LogP contribution in [0, 0.1) is 0 Å². The minimum absolute atomic E-state index is 0.345. The van der Waals surface area contributed by atoms with Gasteiger partial charge in [0.1, 0.15) is 6.10 Å². The van der Waals surface area contributed by atoms with E-state index in [4.69, 9.17) is 18.3 Å². The van der Waals surface area contributed by atoms with Gasteiger partial charge in [-0.15, -0.1) is 0 Å². The van der Waals surface area contributed by atoms with Crippen LogP contribution in [0.3, 0.4) is 0 Å². The Balaban J connectivity index is 2.11. The van der Waals surface area contributed by atoms with Crippen molar-refractivity contribution in [2.75, 3.05) is 33.0 Å². The van der Waals surface area contributed by atoms with E-state index in [0.29, 0.717) is 32.5 Å². The van der Waals surface area contributed by atoms with E-state index in [1.807, 2.05) is 13.8 Å². The van der Waals surface area contributed by atoms with Crippen LogP contribution in [0.1, 0.15) is 13.8 Å². The van der Waals surface area contributed by atoms with Crippen molar-refractivity contribution in [2.45, 2.75) is 32.5 Å². The maximum absolute atomic E-state index is 5.70. The van der Waals surface area contributed by atoms with Gasteiger partial charge in [-0.2, -0.15) is 0 Å². The maximum atomic E-state index is 5.70. The molecule has 1 heterocycles. The molecular weight excluding hydrogens is 212 g/mol. The van der Waals surface area contributed by atoms with Gasteiger partial charge in [-0.3, -0.25) is 0 Å². The molecule has 15 heavy (non-hydrogen) atoms. The second kappa shape index (κ2) is 6.60. The molecule has 1 unspecified atom stereocenters. The first-order valence-electron chi connectivity index (χ1n) is 5.67. The zero-order valence-electron chi connectivity index (χ0n) is 9.95. The Labute approximate surface area is 93.1 Å². The minimum atomic E-state index is -1.97. The Hall–Kier alpha value is 0.0569. The van der Waals surface area contributed by atoms with Crippen molar-refractivity contribution >= 4 is 8.56 Å². The second-order valence-electron chi connectivity index (χ2n) is 3.78. The van der Waals surface area contributed by atoms with E-state index >= 15 is 0 Å². The molecule has 1 aliphatic heterocycles. The highest BCUT2D eigenvalue weighted by molar-refractivity contribution is 6.66. The van der Waals surface area contributed by atoms with Crippen LogP contribution in [0.4, 0.5) is 0 Å². The first kappa shape index (κ1) is 13.1. The monoisotopic (exact) mass is 234 g/mol. The lowest BCUT2D eigenvalue weighted by atomic mass is 10.5. The topological polar surface area (TPSA) is 40.2 Å². The van der Waals surface area contributed by atoms with E-state index in [0.717, 1.165) is 12.7 Å². The van der Waals surface area contributed by atoms with Crippen molar-refractivity contribution in [3.63, 3.8) is 0 Å². The summed E-state index contributed by atoms with van der Waals surface area (Å²) in [6.45, 7) is 9.81. The van der Waals surface area contributed by atoms with Crippen molar-refractivity contribution in [2.24, 2.45) is 0 Å². The fourth-order valence-electron chi connectivity index (χ4n) is 1.43. The molecule has 0 aromatic carbocycles. The SMILES string of the molecule is CCO[Si](C)(CCOCC1CO1)OCC. The first-order valence-corrected chi connectivity index (χ1v) is 8.20.